The summed E-state index contributed by atoms with van der Waals surface area (Å²) in [4.78, 5) is 15.1. The normalized spacial score (nSPS) is 15.9. The molecular weight excluding hydrogens is 409 g/mol. The lowest BCUT2D eigenvalue weighted by molar-refractivity contribution is 0.0722. The van der Waals surface area contributed by atoms with Crippen LogP contribution in [-0.4, -0.2) is 34.7 Å². The molecular formula is C22H21Cl2N3O2. The number of rotatable bonds is 5. The molecule has 2 aromatic carbocycles. The van der Waals surface area contributed by atoms with Gasteiger partial charge < -0.3 is 9.64 Å². The highest BCUT2D eigenvalue weighted by molar-refractivity contribution is 6.35. The number of H-pyrrole nitrogens is 1. The van der Waals surface area contributed by atoms with Crippen LogP contribution in [0.5, 0.6) is 5.75 Å². The van der Waals surface area contributed by atoms with Gasteiger partial charge in [-0.15, -0.1) is 0 Å². The standard InChI is InChI=1S/C22H21Cl2N3O2/c1-12(2)11-27-21(16-9-6-14(23)10-17(16)24)18-19(25-26-20(18)22(27)28)13-4-7-15(29-3)8-5-13/h4-10,12,21H,11H2,1-3H3,(H,25,26). The number of carbonyl (C=O) groups is 1. The summed E-state index contributed by atoms with van der Waals surface area (Å²) >= 11 is 12.7. The zero-order valence-electron chi connectivity index (χ0n) is 16.4. The number of halogens is 2. The number of benzene rings is 2. The fraction of sp³-hybridized carbons (Fsp3) is 0.273. The van der Waals surface area contributed by atoms with Crippen molar-refractivity contribution in [2.45, 2.75) is 19.9 Å². The number of nitrogens with one attached hydrogen (secondary N) is 1. The van der Waals surface area contributed by atoms with Crippen molar-refractivity contribution in [3.05, 3.63) is 69.3 Å². The maximum absolute atomic E-state index is 13.2. The SMILES string of the molecule is COc1ccc(-c2n[nH]c3c2C(c2ccc(Cl)cc2Cl)N(CC(C)C)C3=O)cc1. The second-order valence-corrected chi connectivity index (χ2v) is 8.35. The van der Waals surface area contributed by atoms with Gasteiger partial charge in [0.1, 0.15) is 11.4 Å². The van der Waals surface area contributed by atoms with E-state index < -0.39 is 0 Å². The van der Waals surface area contributed by atoms with Crippen LogP contribution in [0.15, 0.2) is 42.5 Å². The zero-order valence-corrected chi connectivity index (χ0v) is 17.9. The van der Waals surface area contributed by atoms with E-state index in [0.717, 1.165) is 28.1 Å². The van der Waals surface area contributed by atoms with Gasteiger partial charge in [-0.05, 0) is 47.9 Å². The Labute approximate surface area is 179 Å². The summed E-state index contributed by atoms with van der Waals surface area (Å²) in [6, 6.07) is 12.7. The van der Waals surface area contributed by atoms with Gasteiger partial charge in [0.2, 0.25) is 0 Å². The molecule has 0 aliphatic carbocycles. The third kappa shape index (κ3) is 3.49. The second kappa shape index (κ2) is 7.73. The van der Waals surface area contributed by atoms with Crippen LogP contribution in [0.1, 0.15) is 41.5 Å². The van der Waals surface area contributed by atoms with Crippen molar-refractivity contribution in [2.75, 3.05) is 13.7 Å². The summed E-state index contributed by atoms with van der Waals surface area (Å²) in [6.45, 7) is 4.78. The Kier molecular flexibility index (Phi) is 5.28. The quantitative estimate of drug-likeness (QED) is 0.574. The average molecular weight is 430 g/mol. The fourth-order valence-corrected chi connectivity index (χ4v) is 4.31. The molecule has 4 rings (SSSR count). The molecule has 3 aromatic rings. The van der Waals surface area contributed by atoms with Crippen molar-refractivity contribution in [3.8, 4) is 17.0 Å². The molecule has 150 valence electrons. The van der Waals surface area contributed by atoms with Gasteiger partial charge in [0, 0.05) is 27.7 Å². The lowest BCUT2D eigenvalue weighted by Gasteiger charge is -2.28. The van der Waals surface area contributed by atoms with Crippen LogP contribution in [0.3, 0.4) is 0 Å². The van der Waals surface area contributed by atoms with Gasteiger partial charge in [0.05, 0.1) is 18.8 Å². The number of carbonyl (C=O) groups excluding carboxylic acids is 1. The lowest BCUT2D eigenvalue weighted by atomic mass is 9.95. The minimum atomic E-state index is -0.333. The van der Waals surface area contributed by atoms with Crippen LogP contribution in [0.25, 0.3) is 11.3 Å². The summed E-state index contributed by atoms with van der Waals surface area (Å²) in [5.74, 6) is 0.988. The maximum atomic E-state index is 13.2. The van der Waals surface area contributed by atoms with Gasteiger partial charge in [-0.2, -0.15) is 5.10 Å². The smallest absolute Gasteiger partial charge is 0.273 e. The number of aromatic amines is 1. The molecule has 0 fully saturated rings. The molecule has 0 saturated carbocycles. The largest absolute Gasteiger partial charge is 0.497 e. The Hall–Kier alpha value is -2.50. The van der Waals surface area contributed by atoms with Crippen molar-refractivity contribution in [1.82, 2.24) is 15.1 Å². The Morgan fingerprint density at radius 3 is 2.52 bits per heavy atom. The van der Waals surface area contributed by atoms with Crippen molar-refractivity contribution >= 4 is 29.1 Å². The number of fused-ring (bicyclic) bond motifs is 1. The van der Waals surface area contributed by atoms with E-state index in [4.69, 9.17) is 27.9 Å². The van der Waals surface area contributed by atoms with Crippen LogP contribution in [0, 0.1) is 5.92 Å². The molecule has 1 atom stereocenters. The number of nitrogens with zero attached hydrogens (tertiary/aromatic N) is 2. The van der Waals surface area contributed by atoms with Crippen LogP contribution >= 0.6 is 23.2 Å². The molecule has 2 heterocycles. The fourth-order valence-electron chi connectivity index (χ4n) is 3.79. The van der Waals surface area contributed by atoms with Gasteiger partial charge in [-0.25, -0.2) is 0 Å². The van der Waals surface area contributed by atoms with E-state index in [1.807, 2.05) is 35.2 Å². The van der Waals surface area contributed by atoms with Gasteiger partial charge in [-0.3, -0.25) is 9.89 Å². The molecule has 1 aromatic heterocycles. The molecule has 1 amide bonds. The number of ether oxygens (including phenoxy) is 1. The average Bonchev–Trinajstić information content (AvgIpc) is 3.22. The number of hydrogen-bond donors (Lipinski definition) is 1. The first kappa shape index (κ1) is 19.8. The maximum Gasteiger partial charge on any atom is 0.273 e. The monoisotopic (exact) mass is 429 g/mol. The predicted molar refractivity (Wildman–Crippen MR) is 115 cm³/mol. The van der Waals surface area contributed by atoms with Crippen molar-refractivity contribution < 1.29 is 9.53 Å². The molecule has 1 N–H and O–H groups in total. The van der Waals surface area contributed by atoms with E-state index in [1.165, 1.54) is 0 Å². The van der Waals surface area contributed by atoms with Gasteiger partial charge in [0.15, 0.2) is 0 Å². The van der Waals surface area contributed by atoms with E-state index in [9.17, 15) is 4.79 Å². The number of amides is 1. The van der Waals surface area contributed by atoms with E-state index in [2.05, 4.69) is 24.0 Å². The second-order valence-electron chi connectivity index (χ2n) is 7.51. The molecule has 0 radical (unpaired) electrons. The predicted octanol–water partition coefficient (Wildman–Crippen LogP) is 5.59. The molecule has 1 unspecified atom stereocenters. The number of aromatic nitrogens is 2. The zero-order chi connectivity index (χ0) is 20.7. The van der Waals surface area contributed by atoms with E-state index >= 15 is 0 Å². The highest BCUT2D eigenvalue weighted by atomic mass is 35.5. The third-order valence-corrected chi connectivity index (χ3v) is 5.61. The summed E-state index contributed by atoms with van der Waals surface area (Å²) in [5.41, 5.74) is 3.81. The first-order valence-corrected chi connectivity index (χ1v) is 10.1. The molecule has 1 aliphatic rings. The molecule has 7 heteroatoms. The minimum Gasteiger partial charge on any atom is -0.497 e. The highest BCUT2D eigenvalue weighted by Crippen LogP contribution is 2.45. The van der Waals surface area contributed by atoms with Crippen molar-refractivity contribution in [1.29, 1.82) is 0 Å². The van der Waals surface area contributed by atoms with E-state index in [1.54, 1.807) is 19.2 Å². The molecule has 0 bridgehead atoms. The third-order valence-electron chi connectivity index (χ3n) is 5.05. The first-order valence-electron chi connectivity index (χ1n) is 9.39. The first-order chi connectivity index (χ1) is 13.9. The molecule has 29 heavy (non-hydrogen) atoms. The topological polar surface area (TPSA) is 58.2 Å². The molecule has 1 aliphatic heterocycles. The van der Waals surface area contributed by atoms with Crippen LogP contribution in [0.2, 0.25) is 10.0 Å². The van der Waals surface area contributed by atoms with Crippen LogP contribution in [-0.2, 0) is 0 Å². The van der Waals surface area contributed by atoms with E-state index in [-0.39, 0.29) is 11.9 Å². The molecule has 5 nitrogen and oxygen atoms in total. The Morgan fingerprint density at radius 2 is 1.90 bits per heavy atom. The Balaban J connectivity index is 1.88. The number of methoxy groups -OCH3 is 1. The Morgan fingerprint density at radius 1 is 1.17 bits per heavy atom. The van der Waals surface area contributed by atoms with Gasteiger partial charge in [-0.1, -0.05) is 43.1 Å². The van der Waals surface area contributed by atoms with Gasteiger partial charge in [0.25, 0.3) is 5.91 Å². The van der Waals surface area contributed by atoms with Gasteiger partial charge >= 0.3 is 0 Å². The van der Waals surface area contributed by atoms with Crippen molar-refractivity contribution in [2.24, 2.45) is 5.92 Å². The van der Waals surface area contributed by atoms with Crippen molar-refractivity contribution in [3.63, 3.8) is 0 Å². The van der Waals surface area contributed by atoms with Crippen LogP contribution < -0.4 is 4.74 Å². The minimum absolute atomic E-state index is 0.0722. The Bertz CT molecular complexity index is 1060. The summed E-state index contributed by atoms with van der Waals surface area (Å²) in [5, 5.41) is 8.51. The highest BCUT2D eigenvalue weighted by Gasteiger charge is 2.43. The van der Waals surface area contributed by atoms with E-state index in [0.29, 0.717) is 28.2 Å². The summed E-state index contributed by atoms with van der Waals surface area (Å²) in [6.07, 6.45) is 0. The summed E-state index contributed by atoms with van der Waals surface area (Å²) < 4.78 is 5.25. The lowest BCUT2D eigenvalue weighted by Crippen LogP contribution is -2.33. The van der Waals surface area contributed by atoms with Crippen LogP contribution in [0.4, 0.5) is 0 Å². The summed E-state index contributed by atoms with van der Waals surface area (Å²) in [7, 11) is 1.63. The molecule has 0 saturated heterocycles. The number of hydrogen-bond acceptors (Lipinski definition) is 3. The molecule has 0 spiro atoms.